The number of benzene rings is 2. The van der Waals surface area contributed by atoms with E-state index in [1.54, 1.807) is 19.1 Å². The number of fused-ring (bicyclic) bond motifs is 3. The number of hydrogen-bond donors (Lipinski definition) is 4. The van der Waals surface area contributed by atoms with Crippen LogP contribution < -0.4 is 0 Å². The van der Waals surface area contributed by atoms with Crippen LogP contribution in [0, 0.1) is 0 Å². The molecule has 0 aromatic heterocycles. The number of rotatable bonds is 3. The first-order chi connectivity index (χ1) is 16.5. The quantitative estimate of drug-likeness (QED) is 0.411. The maximum absolute atomic E-state index is 13.3. The highest BCUT2D eigenvalue weighted by Crippen LogP contribution is 2.51. The number of aromatic hydroxyl groups is 2. The van der Waals surface area contributed by atoms with Crippen molar-refractivity contribution in [2.45, 2.75) is 69.7 Å². The molecule has 9 heteroatoms. The summed E-state index contributed by atoms with van der Waals surface area (Å²) in [4.78, 5) is 38.9. The van der Waals surface area contributed by atoms with Crippen molar-refractivity contribution in [3.63, 3.8) is 0 Å². The second-order valence-corrected chi connectivity index (χ2v) is 9.55. The number of ketones is 3. The Morgan fingerprint density at radius 2 is 1.66 bits per heavy atom. The fraction of sp³-hybridized carbons (Fsp3) is 0.423. The summed E-state index contributed by atoms with van der Waals surface area (Å²) in [5.41, 5.74) is -2.42. The SMILES string of the molecule is CC(=O)[C@]1(O)Cc2c(O)c3c(c(O)c2[C@@H](O[C@H]2CC[C@H](O)[C@H](C)O2)C1)C(=O)c1ccccc1C3=O. The smallest absolute Gasteiger partial charge is 0.198 e. The van der Waals surface area contributed by atoms with E-state index >= 15 is 0 Å². The summed E-state index contributed by atoms with van der Waals surface area (Å²) in [6.45, 7) is 2.89. The van der Waals surface area contributed by atoms with Crippen LogP contribution in [-0.4, -0.2) is 61.9 Å². The zero-order valence-electron chi connectivity index (χ0n) is 19.3. The molecule has 9 nitrogen and oxygen atoms in total. The van der Waals surface area contributed by atoms with E-state index in [1.807, 2.05) is 0 Å². The first kappa shape index (κ1) is 23.6. The highest BCUT2D eigenvalue weighted by Gasteiger charge is 2.48. The lowest BCUT2D eigenvalue weighted by Crippen LogP contribution is -2.46. The molecule has 184 valence electrons. The molecule has 1 heterocycles. The topological polar surface area (TPSA) is 151 Å². The van der Waals surface area contributed by atoms with Crippen molar-refractivity contribution in [3.8, 4) is 11.5 Å². The van der Waals surface area contributed by atoms with Crippen LogP contribution >= 0.6 is 0 Å². The lowest BCUT2D eigenvalue weighted by molar-refractivity contribution is -0.243. The third-order valence-corrected chi connectivity index (χ3v) is 7.35. The Morgan fingerprint density at radius 1 is 1.06 bits per heavy atom. The standard InChI is InChI=1S/C26H26O9/c1-11-16(28)7-8-18(34-11)35-17-10-26(33,12(2)27)9-15-19(17)25(32)21-20(24(15)31)22(29)13-5-3-4-6-14(13)23(21)30/h3-6,11,16-18,28,31-33H,7-10H2,1-2H3/t11-,16-,17-,18-,26-/m0/s1. The number of phenols is 2. The van der Waals surface area contributed by atoms with Crippen molar-refractivity contribution in [1.82, 2.24) is 0 Å². The molecular weight excluding hydrogens is 456 g/mol. The van der Waals surface area contributed by atoms with Crippen molar-refractivity contribution in [1.29, 1.82) is 0 Å². The minimum Gasteiger partial charge on any atom is -0.507 e. The molecule has 3 aliphatic rings. The maximum Gasteiger partial charge on any atom is 0.198 e. The van der Waals surface area contributed by atoms with Crippen molar-refractivity contribution < 1.29 is 44.3 Å². The van der Waals surface area contributed by atoms with Gasteiger partial charge >= 0.3 is 0 Å². The van der Waals surface area contributed by atoms with Gasteiger partial charge < -0.3 is 29.9 Å². The summed E-state index contributed by atoms with van der Waals surface area (Å²) in [6.07, 6.45) is -3.05. The number of hydrogen-bond acceptors (Lipinski definition) is 9. The predicted octanol–water partition coefficient (Wildman–Crippen LogP) is 2.08. The van der Waals surface area contributed by atoms with E-state index in [0.29, 0.717) is 12.8 Å². The van der Waals surface area contributed by atoms with Gasteiger partial charge in [-0.05, 0) is 20.3 Å². The van der Waals surface area contributed by atoms with E-state index in [4.69, 9.17) is 9.47 Å². The molecule has 1 saturated heterocycles. The lowest BCUT2D eigenvalue weighted by atomic mass is 9.72. The van der Waals surface area contributed by atoms with Gasteiger partial charge in [0.1, 0.15) is 17.1 Å². The van der Waals surface area contributed by atoms with Crippen LogP contribution in [0.2, 0.25) is 0 Å². The average Bonchev–Trinajstić information content (AvgIpc) is 2.82. The Bertz CT molecular complexity index is 1270. The van der Waals surface area contributed by atoms with Gasteiger partial charge in [-0.25, -0.2) is 0 Å². The average molecular weight is 482 g/mol. The first-order valence-corrected chi connectivity index (χ1v) is 11.5. The van der Waals surface area contributed by atoms with Gasteiger partial charge in [0.05, 0.1) is 29.4 Å². The Kier molecular flexibility index (Phi) is 5.56. The number of phenolic OH excluding ortho intramolecular Hbond substituents is 2. The number of Topliss-reactive ketones (excluding diaryl/α,β-unsaturated/α-hetero) is 1. The van der Waals surface area contributed by atoms with Gasteiger partial charge in [-0.2, -0.15) is 0 Å². The molecule has 0 unspecified atom stereocenters. The fourth-order valence-corrected chi connectivity index (χ4v) is 5.29. The lowest BCUT2D eigenvalue weighted by Gasteiger charge is -2.41. The number of carbonyl (C=O) groups excluding carboxylic acids is 3. The zero-order chi connectivity index (χ0) is 25.2. The molecule has 2 aromatic rings. The highest BCUT2D eigenvalue weighted by atomic mass is 16.7. The summed E-state index contributed by atoms with van der Waals surface area (Å²) >= 11 is 0. The maximum atomic E-state index is 13.3. The molecule has 5 atom stereocenters. The van der Waals surface area contributed by atoms with Gasteiger partial charge in [-0.15, -0.1) is 0 Å². The van der Waals surface area contributed by atoms with E-state index in [9.17, 15) is 34.8 Å². The van der Waals surface area contributed by atoms with Gasteiger partial charge in [0.2, 0.25) is 0 Å². The third kappa shape index (κ3) is 3.58. The number of carbonyl (C=O) groups is 3. The van der Waals surface area contributed by atoms with Gasteiger partial charge in [0, 0.05) is 41.5 Å². The molecule has 1 fully saturated rings. The summed E-state index contributed by atoms with van der Waals surface area (Å²) in [5.74, 6) is -2.93. The van der Waals surface area contributed by atoms with E-state index in [0.717, 1.165) is 0 Å². The van der Waals surface area contributed by atoms with Crippen LogP contribution in [-0.2, 0) is 20.7 Å². The van der Waals surface area contributed by atoms with Crippen molar-refractivity contribution in [2.75, 3.05) is 0 Å². The zero-order valence-corrected chi connectivity index (χ0v) is 19.3. The molecule has 0 amide bonds. The van der Waals surface area contributed by atoms with Crippen molar-refractivity contribution in [2.24, 2.45) is 0 Å². The highest BCUT2D eigenvalue weighted by molar-refractivity contribution is 6.30. The van der Waals surface area contributed by atoms with Gasteiger partial charge in [0.25, 0.3) is 0 Å². The fourth-order valence-electron chi connectivity index (χ4n) is 5.29. The molecule has 0 spiro atoms. The van der Waals surface area contributed by atoms with Crippen LogP contribution in [0.15, 0.2) is 24.3 Å². The molecular formula is C26H26O9. The minimum atomic E-state index is -1.94. The normalized spacial score (nSPS) is 29.8. The molecule has 1 aliphatic heterocycles. The van der Waals surface area contributed by atoms with Gasteiger partial charge in [-0.3, -0.25) is 14.4 Å². The third-order valence-electron chi connectivity index (χ3n) is 7.35. The van der Waals surface area contributed by atoms with Crippen LogP contribution in [0.4, 0.5) is 0 Å². The van der Waals surface area contributed by atoms with Gasteiger partial charge in [-0.1, -0.05) is 24.3 Å². The van der Waals surface area contributed by atoms with Crippen LogP contribution in [0.25, 0.3) is 0 Å². The van der Waals surface area contributed by atoms with E-state index < -0.39 is 59.1 Å². The van der Waals surface area contributed by atoms with E-state index in [-0.39, 0.29) is 46.2 Å². The Hall–Kier alpha value is -3.11. The summed E-state index contributed by atoms with van der Waals surface area (Å²) in [5, 5.41) is 43.6. The van der Waals surface area contributed by atoms with Crippen LogP contribution in [0.1, 0.15) is 82.2 Å². The second kappa shape index (κ2) is 8.23. The molecule has 35 heavy (non-hydrogen) atoms. The van der Waals surface area contributed by atoms with Crippen LogP contribution in [0.3, 0.4) is 0 Å². The largest absolute Gasteiger partial charge is 0.507 e. The summed E-state index contributed by atoms with van der Waals surface area (Å²) < 4.78 is 11.8. The minimum absolute atomic E-state index is 0.0281. The number of ether oxygens (including phenoxy) is 2. The summed E-state index contributed by atoms with van der Waals surface area (Å²) in [6, 6.07) is 6.12. The molecule has 2 aromatic carbocycles. The van der Waals surface area contributed by atoms with Gasteiger partial charge in [0.15, 0.2) is 23.6 Å². The molecule has 2 aliphatic carbocycles. The second-order valence-electron chi connectivity index (χ2n) is 9.55. The number of aliphatic hydroxyl groups excluding tert-OH is 1. The monoisotopic (exact) mass is 482 g/mol. The molecule has 5 rings (SSSR count). The Morgan fingerprint density at radius 3 is 2.23 bits per heavy atom. The van der Waals surface area contributed by atoms with Crippen molar-refractivity contribution >= 4 is 17.3 Å². The molecule has 4 N–H and O–H groups in total. The molecule has 0 radical (unpaired) electrons. The molecule has 0 bridgehead atoms. The predicted molar refractivity (Wildman–Crippen MR) is 120 cm³/mol. The first-order valence-electron chi connectivity index (χ1n) is 11.5. The number of aliphatic hydroxyl groups is 2. The molecule has 0 saturated carbocycles. The Balaban J connectivity index is 1.67. The van der Waals surface area contributed by atoms with E-state index in [1.165, 1.54) is 19.1 Å². The Labute approximate surface area is 200 Å². The van der Waals surface area contributed by atoms with E-state index in [2.05, 4.69) is 0 Å². The van der Waals surface area contributed by atoms with Crippen LogP contribution in [0.5, 0.6) is 11.5 Å². The summed E-state index contributed by atoms with van der Waals surface area (Å²) in [7, 11) is 0. The van der Waals surface area contributed by atoms with Crippen molar-refractivity contribution in [3.05, 3.63) is 57.6 Å².